The molecule has 96 valence electrons. The minimum absolute atomic E-state index is 1.06. The van der Waals surface area contributed by atoms with E-state index in [1.807, 2.05) is 0 Å². The Morgan fingerprint density at radius 2 is 1.50 bits per heavy atom. The number of aryl methyl sites for hydroxylation is 1. The van der Waals surface area contributed by atoms with Gasteiger partial charge in [0.25, 0.3) is 0 Å². The molecule has 20 heavy (non-hydrogen) atoms. The lowest BCUT2D eigenvalue weighted by atomic mass is 9.99. The number of fused-ring (bicyclic) bond motifs is 3. The maximum absolute atomic E-state index is 2.35. The Morgan fingerprint density at radius 1 is 0.650 bits per heavy atom. The molecule has 0 N–H and O–H groups in total. The van der Waals surface area contributed by atoms with Gasteiger partial charge < -0.3 is 0 Å². The highest BCUT2D eigenvalue weighted by Crippen LogP contribution is 2.38. The largest absolute Gasteiger partial charge is 0.0622 e. The van der Waals surface area contributed by atoms with Crippen LogP contribution in [-0.2, 0) is 6.42 Å². The molecule has 0 saturated heterocycles. The van der Waals surface area contributed by atoms with Crippen molar-refractivity contribution >= 4 is 0 Å². The molecule has 0 radical (unpaired) electrons. The van der Waals surface area contributed by atoms with Gasteiger partial charge in [0.05, 0.1) is 0 Å². The Morgan fingerprint density at radius 3 is 2.35 bits per heavy atom. The molecule has 0 atom stereocenters. The van der Waals surface area contributed by atoms with Gasteiger partial charge in [0.1, 0.15) is 0 Å². The number of hydrogen-bond donors (Lipinski definition) is 0. The van der Waals surface area contributed by atoms with Gasteiger partial charge >= 0.3 is 0 Å². The first-order chi connectivity index (χ1) is 9.81. The molecular formula is C20H16. The molecule has 0 nitrogen and oxygen atoms in total. The Labute approximate surface area is 119 Å². The average Bonchev–Trinajstić information content (AvgIpc) is 2.85. The second-order valence-electron chi connectivity index (χ2n) is 5.58. The van der Waals surface area contributed by atoms with E-state index in [9.17, 15) is 0 Å². The van der Waals surface area contributed by atoms with Crippen molar-refractivity contribution in [3.8, 4) is 22.3 Å². The SMILES string of the molecule is Cc1ccc2c(c1)-c1ccc(-c3ccccc3)cc1C2. The van der Waals surface area contributed by atoms with Gasteiger partial charge in [-0.1, -0.05) is 72.3 Å². The van der Waals surface area contributed by atoms with Crippen molar-refractivity contribution in [2.24, 2.45) is 0 Å². The number of benzene rings is 3. The molecule has 1 aliphatic carbocycles. The fourth-order valence-electron chi connectivity index (χ4n) is 3.11. The van der Waals surface area contributed by atoms with Gasteiger partial charge in [0, 0.05) is 0 Å². The standard InChI is InChI=1S/C20H16/c1-14-7-8-17-13-18-12-16(15-5-3-2-4-6-15)9-10-19(18)20(17)11-14/h2-12H,13H2,1H3. The van der Waals surface area contributed by atoms with E-state index in [0.717, 1.165) is 6.42 Å². The smallest absolute Gasteiger partial charge is 0.00132 e. The van der Waals surface area contributed by atoms with E-state index in [1.165, 1.54) is 38.9 Å². The normalized spacial score (nSPS) is 12.1. The molecular weight excluding hydrogens is 240 g/mol. The summed E-state index contributed by atoms with van der Waals surface area (Å²) in [5.74, 6) is 0. The minimum Gasteiger partial charge on any atom is -0.0622 e. The molecule has 0 aromatic heterocycles. The average molecular weight is 256 g/mol. The molecule has 0 amide bonds. The zero-order chi connectivity index (χ0) is 13.5. The third kappa shape index (κ3) is 1.77. The fraction of sp³-hybridized carbons (Fsp3) is 0.100. The van der Waals surface area contributed by atoms with Gasteiger partial charge in [-0.3, -0.25) is 0 Å². The first kappa shape index (κ1) is 11.5. The third-order valence-electron chi connectivity index (χ3n) is 4.15. The highest BCUT2D eigenvalue weighted by atomic mass is 14.2. The van der Waals surface area contributed by atoms with Crippen molar-refractivity contribution in [1.29, 1.82) is 0 Å². The molecule has 0 fully saturated rings. The lowest BCUT2D eigenvalue weighted by Gasteiger charge is -2.06. The molecule has 3 aromatic rings. The lowest BCUT2D eigenvalue weighted by Crippen LogP contribution is -1.83. The number of hydrogen-bond acceptors (Lipinski definition) is 0. The number of rotatable bonds is 1. The van der Waals surface area contributed by atoms with Crippen LogP contribution in [0.3, 0.4) is 0 Å². The van der Waals surface area contributed by atoms with Crippen molar-refractivity contribution in [2.75, 3.05) is 0 Å². The molecule has 0 saturated carbocycles. The van der Waals surface area contributed by atoms with E-state index >= 15 is 0 Å². The summed E-state index contributed by atoms with van der Waals surface area (Å²) in [5, 5.41) is 0. The van der Waals surface area contributed by atoms with Crippen LogP contribution in [0.2, 0.25) is 0 Å². The van der Waals surface area contributed by atoms with Crippen LogP contribution in [0.25, 0.3) is 22.3 Å². The van der Waals surface area contributed by atoms with E-state index in [1.54, 1.807) is 0 Å². The van der Waals surface area contributed by atoms with Gasteiger partial charge in [-0.15, -0.1) is 0 Å². The Balaban J connectivity index is 1.84. The first-order valence-corrected chi connectivity index (χ1v) is 7.09. The lowest BCUT2D eigenvalue weighted by molar-refractivity contribution is 1.26. The highest BCUT2D eigenvalue weighted by Gasteiger charge is 2.18. The molecule has 0 aliphatic heterocycles. The summed E-state index contributed by atoms with van der Waals surface area (Å²) in [4.78, 5) is 0. The summed E-state index contributed by atoms with van der Waals surface area (Å²) >= 11 is 0. The summed E-state index contributed by atoms with van der Waals surface area (Å²) in [6.07, 6.45) is 1.06. The third-order valence-corrected chi connectivity index (χ3v) is 4.15. The van der Waals surface area contributed by atoms with Crippen molar-refractivity contribution in [1.82, 2.24) is 0 Å². The Kier molecular flexibility index (Phi) is 2.50. The van der Waals surface area contributed by atoms with E-state index in [4.69, 9.17) is 0 Å². The molecule has 0 bridgehead atoms. The van der Waals surface area contributed by atoms with Crippen LogP contribution >= 0.6 is 0 Å². The zero-order valence-corrected chi connectivity index (χ0v) is 11.6. The summed E-state index contributed by atoms with van der Waals surface area (Å²) in [7, 11) is 0. The molecule has 0 unspecified atom stereocenters. The highest BCUT2D eigenvalue weighted by molar-refractivity contribution is 5.80. The molecule has 4 rings (SSSR count). The molecule has 0 heterocycles. The predicted octanol–water partition coefficient (Wildman–Crippen LogP) is 5.23. The fourth-order valence-corrected chi connectivity index (χ4v) is 3.11. The van der Waals surface area contributed by atoms with Gasteiger partial charge in [-0.05, 0) is 46.7 Å². The van der Waals surface area contributed by atoms with E-state index in [0.29, 0.717) is 0 Å². The predicted molar refractivity (Wildman–Crippen MR) is 84.9 cm³/mol. The van der Waals surface area contributed by atoms with Crippen LogP contribution in [-0.4, -0.2) is 0 Å². The van der Waals surface area contributed by atoms with Gasteiger partial charge in [0.2, 0.25) is 0 Å². The van der Waals surface area contributed by atoms with E-state index in [2.05, 4.69) is 73.7 Å². The molecule has 3 aromatic carbocycles. The van der Waals surface area contributed by atoms with Gasteiger partial charge in [0.15, 0.2) is 0 Å². The molecule has 0 spiro atoms. The van der Waals surface area contributed by atoms with Gasteiger partial charge in [-0.2, -0.15) is 0 Å². The van der Waals surface area contributed by atoms with Crippen LogP contribution in [0, 0.1) is 6.92 Å². The van der Waals surface area contributed by atoms with Crippen molar-refractivity contribution < 1.29 is 0 Å². The van der Waals surface area contributed by atoms with E-state index < -0.39 is 0 Å². The van der Waals surface area contributed by atoms with Crippen LogP contribution in [0.4, 0.5) is 0 Å². The second-order valence-corrected chi connectivity index (χ2v) is 5.58. The molecule has 0 heteroatoms. The summed E-state index contributed by atoms with van der Waals surface area (Å²) < 4.78 is 0. The maximum Gasteiger partial charge on any atom is -0.00132 e. The first-order valence-electron chi connectivity index (χ1n) is 7.09. The Bertz CT molecular complexity index is 782. The van der Waals surface area contributed by atoms with Crippen molar-refractivity contribution in [2.45, 2.75) is 13.3 Å². The monoisotopic (exact) mass is 256 g/mol. The Hall–Kier alpha value is -2.34. The van der Waals surface area contributed by atoms with Crippen LogP contribution in [0.5, 0.6) is 0 Å². The minimum atomic E-state index is 1.06. The maximum atomic E-state index is 2.35. The summed E-state index contributed by atoms with van der Waals surface area (Å²) in [6, 6.07) is 24.3. The second kappa shape index (κ2) is 4.35. The summed E-state index contributed by atoms with van der Waals surface area (Å²) in [6.45, 7) is 2.16. The zero-order valence-electron chi connectivity index (χ0n) is 11.6. The van der Waals surface area contributed by atoms with E-state index in [-0.39, 0.29) is 0 Å². The van der Waals surface area contributed by atoms with Crippen LogP contribution in [0.15, 0.2) is 66.7 Å². The van der Waals surface area contributed by atoms with Crippen molar-refractivity contribution in [3.05, 3.63) is 83.4 Å². The quantitative estimate of drug-likeness (QED) is 0.437. The van der Waals surface area contributed by atoms with Crippen LogP contribution in [0.1, 0.15) is 16.7 Å². The topological polar surface area (TPSA) is 0 Å². The van der Waals surface area contributed by atoms with Crippen molar-refractivity contribution in [3.63, 3.8) is 0 Å². The summed E-state index contributed by atoms with van der Waals surface area (Å²) in [5.41, 5.74) is 9.67. The van der Waals surface area contributed by atoms with Gasteiger partial charge in [-0.25, -0.2) is 0 Å². The molecule has 1 aliphatic rings. The van der Waals surface area contributed by atoms with Crippen LogP contribution < -0.4 is 0 Å².